The number of rotatable bonds is 5. The molecule has 0 aliphatic carbocycles. The van der Waals surface area contributed by atoms with Crippen LogP contribution >= 0.6 is 48.0 Å². The molecule has 0 saturated carbocycles. The van der Waals surface area contributed by atoms with Crippen molar-refractivity contribution in [3.63, 3.8) is 0 Å². The number of hydrogen-bond donors (Lipinski definition) is 2. The maximum absolute atomic E-state index is 12.0. The Morgan fingerprint density at radius 3 is 2.85 bits per heavy atom. The summed E-state index contributed by atoms with van der Waals surface area (Å²) >= 11 is 12.1. The molecule has 144 valence electrons. The zero-order valence-electron chi connectivity index (χ0n) is 14.0. The minimum absolute atomic E-state index is 0. The normalized spacial score (nSPS) is 16.3. The van der Waals surface area contributed by atoms with Gasteiger partial charge in [0.1, 0.15) is 0 Å². The minimum Gasteiger partial charge on any atom is -0.441 e. The van der Waals surface area contributed by atoms with E-state index in [1.165, 1.54) is 0 Å². The van der Waals surface area contributed by atoms with E-state index in [-0.39, 0.29) is 36.8 Å². The Hall–Kier alpha value is -0.980. The van der Waals surface area contributed by atoms with E-state index in [0.717, 1.165) is 31.5 Å². The lowest BCUT2D eigenvalue weighted by Gasteiger charge is -2.23. The number of piperidine rings is 1. The molecular formula is C17H21Cl4N3O2. The number of amides is 1. The van der Waals surface area contributed by atoms with Gasteiger partial charge in [0.15, 0.2) is 11.7 Å². The predicted octanol–water partition coefficient (Wildman–Crippen LogP) is 4.29. The average Bonchev–Trinajstić information content (AvgIpc) is 3.02. The molecule has 2 N–H and O–H groups in total. The highest BCUT2D eigenvalue weighted by molar-refractivity contribution is 6.36. The van der Waals surface area contributed by atoms with Gasteiger partial charge in [0.05, 0.1) is 11.2 Å². The molecule has 1 saturated heterocycles. The molecule has 0 radical (unpaired) electrons. The summed E-state index contributed by atoms with van der Waals surface area (Å²) in [7, 11) is 0. The topological polar surface area (TPSA) is 67.2 Å². The Labute approximate surface area is 175 Å². The monoisotopic (exact) mass is 439 g/mol. The molecule has 1 atom stereocenters. The third-order valence-electron chi connectivity index (χ3n) is 3.98. The first kappa shape index (κ1) is 23.1. The van der Waals surface area contributed by atoms with E-state index in [0.29, 0.717) is 34.5 Å². The summed E-state index contributed by atoms with van der Waals surface area (Å²) in [6.07, 6.45) is 4.54. The first-order valence-electron chi connectivity index (χ1n) is 8.02. The Bertz CT molecular complexity index is 718. The van der Waals surface area contributed by atoms with Crippen molar-refractivity contribution in [1.29, 1.82) is 0 Å². The van der Waals surface area contributed by atoms with Crippen molar-refractivity contribution in [3.8, 4) is 11.3 Å². The zero-order chi connectivity index (χ0) is 16.9. The molecule has 1 aromatic carbocycles. The highest BCUT2D eigenvalue weighted by atomic mass is 35.5. The molecule has 1 aliphatic rings. The molecule has 1 unspecified atom stereocenters. The molecule has 5 nitrogen and oxygen atoms in total. The summed E-state index contributed by atoms with van der Waals surface area (Å²) in [5, 5.41) is 7.39. The Balaban J connectivity index is 0.00000169. The van der Waals surface area contributed by atoms with E-state index in [1.807, 2.05) is 0 Å². The fourth-order valence-corrected chi connectivity index (χ4v) is 3.24. The van der Waals surface area contributed by atoms with E-state index in [4.69, 9.17) is 27.6 Å². The molecule has 1 aromatic heterocycles. The Morgan fingerprint density at radius 1 is 1.35 bits per heavy atom. The van der Waals surface area contributed by atoms with Crippen LogP contribution in [0.15, 0.2) is 28.8 Å². The van der Waals surface area contributed by atoms with Gasteiger partial charge in [-0.3, -0.25) is 4.79 Å². The summed E-state index contributed by atoms with van der Waals surface area (Å²) < 4.78 is 5.70. The van der Waals surface area contributed by atoms with E-state index in [2.05, 4.69) is 15.6 Å². The number of carbonyl (C=O) groups excluding carboxylic acids is 1. The van der Waals surface area contributed by atoms with Crippen molar-refractivity contribution in [3.05, 3.63) is 40.3 Å². The summed E-state index contributed by atoms with van der Waals surface area (Å²) in [5.41, 5.74) is 0.734. The first-order chi connectivity index (χ1) is 11.6. The number of carbonyl (C=O) groups is 1. The summed E-state index contributed by atoms with van der Waals surface area (Å²) in [6, 6.07) is 5.42. The van der Waals surface area contributed by atoms with Crippen molar-refractivity contribution in [2.75, 3.05) is 13.1 Å². The third kappa shape index (κ3) is 6.32. The van der Waals surface area contributed by atoms with Gasteiger partial charge >= 0.3 is 0 Å². The summed E-state index contributed by atoms with van der Waals surface area (Å²) in [4.78, 5) is 16.2. The second-order valence-electron chi connectivity index (χ2n) is 5.85. The molecule has 1 fully saturated rings. The number of aromatic nitrogens is 1. The molecule has 3 rings (SSSR count). The van der Waals surface area contributed by atoms with Gasteiger partial charge in [0.25, 0.3) is 0 Å². The minimum atomic E-state index is 0. The van der Waals surface area contributed by atoms with Crippen LogP contribution in [0, 0.1) is 0 Å². The van der Waals surface area contributed by atoms with E-state index < -0.39 is 0 Å². The van der Waals surface area contributed by atoms with Gasteiger partial charge in [-0.1, -0.05) is 23.2 Å². The number of oxazole rings is 1. The predicted molar refractivity (Wildman–Crippen MR) is 109 cm³/mol. The van der Waals surface area contributed by atoms with E-state index >= 15 is 0 Å². The molecule has 0 spiro atoms. The van der Waals surface area contributed by atoms with Crippen LogP contribution in [0.1, 0.15) is 25.2 Å². The second kappa shape index (κ2) is 11.0. The number of hydrogen-bond acceptors (Lipinski definition) is 4. The van der Waals surface area contributed by atoms with Gasteiger partial charge in [-0.25, -0.2) is 4.98 Å². The number of halogens is 4. The summed E-state index contributed by atoms with van der Waals surface area (Å²) in [5.74, 6) is 1.12. The molecule has 1 aliphatic heterocycles. The molecule has 26 heavy (non-hydrogen) atoms. The van der Waals surface area contributed by atoms with Crippen LogP contribution in [0.25, 0.3) is 11.3 Å². The van der Waals surface area contributed by atoms with Gasteiger partial charge in [-0.15, -0.1) is 24.8 Å². The standard InChI is InChI=1S/C17H19Cl2N3O2.2ClH/c18-11-3-4-13(14(19)8-11)15-10-21-17(24-15)6-5-16(23)22-12-2-1-7-20-9-12;;/h3-4,8,10,12,20H,1-2,5-7,9H2,(H,22,23);2*1H. The molecular weight excluding hydrogens is 420 g/mol. The molecule has 0 bridgehead atoms. The van der Waals surface area contributed by atoms with Crippen LogP contribution in [0.2, 0.25) is 10.0 Å². The number of nitrogens with one attached hydrogen (secondary N) is 2. The lowest BCUT2D eigenvalue weighted by Crippen LogP contribution is -2.45. The van der Waals surface area contributed by atoms with Crippen molar-refractivity contribution in [1.82, 2.24) is 15.6 Å². The van der Waals surface area contributed by atoms with Gasteiger partial charge in [-0.05, 0) is 37.6 Å². The van der Waals surface area contributed by atoms with Gasteiger partial charge in [0.2, 0.25) is 5.91 Å². The van der Waals surface area contributed by atoms with Gasteiger partial charge < -0.3 is 15.1 Å². The van der Waals surface area contributed by atoms with Crippen LogP contribution in [-0.2, 0) is 11.2 Å². The fraction of sp³-hybridized carbons (Fsp3) is 0.412. The van der Waals surface area contributed by atoms with Crippen LogP contribution in [-0.4, -0.2) is 30.0 Å². The van der Waals surface area contributed by atoms with Crippen LogP contribution in [0.4, 0.5) is 0 Å². The lowest BCUT2D eigenvalue weighted by molar-refractivity contribution is -0.121. The van der Waals surface area contributed by atoms with Crippen molar-refractivity contribution >= 4 is 53.9 Å². The highest BCUT2D eigenvalue weighted by Crippen LogP contribution is 2.30. The maximum Gasteiger partial charge on any atom is 0.220 e. The van der Waals surface area contributed by atoms with Gasteiger partial charge in [-0.2, -0.15) is 0 Å². The van der Waals surface area contributed by atoms with Crippen molar-refractivity contribution in [2.45, 2.75) is 31.7 Å². The van der Waals surface area contributed by atoms with Crippen LogP contribution < -0.4 is 10.6 Å². The maximum atomic E-state index is 12.0. The first-order valence-corrected chi connectivity index (χ1v) is 8.77. The Morgan fingerprint density at radius 2 is 2.15 bits per heavy atom. The number of aryl methyl sites for hydroxylation is 1. The van der Waals surface area contributed by atoms with Crippen LogP contribution in [0.3, 0.4) is 0 Å². The number of nitrogens with zero attached hydrogens (tertiary/aromatic N) is 1. The SMILES string of the molecule is Cl.Cl.O=C(CCc1ncc(-c2ccc(Cl)cc2Cl)o1)NC1CCCNC1. The summed E-state index contributed by atoms with van der Waals surface area (Å²) in [6.45, 7) is 1.86. The quantitative estimate of drug-likeness (QED) is 0.727. The van der Waals surface area contributed by atoms with Crippen molar-refractivity contribution in [2.24, 2.45) is 0 Å². The smallest absolute Gasteiger partial charge is 0.220 e. The van der Waals surface area contributed by atoms with Crippen LogP contribution in [0.5, 0.6) is 0 Å². The lowest BCUT2D eigenvalue weighted by atomic mass is 10.1. The zero-order valence-corrected chi connectivity index (χ0v) is 17.1. The van der Waals surface area contributed by atoms with Gasteiger partial charge in [0, 0.05) is 36.0 Å². The van der Waals surface area contributed by atoms with E-state index in [1.54, 1.807) is 24.4 Å². The molecule has 9 heteroatoms. The van der Waals surface area contributed by atoms with Crippen molar-refractivity contribution < 1.29 is 9.21 Å². The number of benzene rings is 1. The largest absolute Gasteiger partial charge is 0.441 e. The fourth-order valence-electron chi connectivity index (χ4n) is 2.73. The second-order valence-corrected chi connectivity index (χ2v) is 6.70. The Kier molecular flexibility index (Phi) is 9.75. The molecule has 1 amide bonds. The average molecular weight is 441 g/mol. The highest BCUT2D eigenvalue weighted by Gasteiger charge is 2.16. The third-order valence-corrected chi connectivity index (χ3v) is 4.53. The molecule has 2 aromatic rings. The van der Waals surface area contributed by atoms with E-state index in [9.17, 15) is 4.79 Å². The molecule has 2 heterocycles.